The molecule has 1 heterocycles. The maximum absolute atomic E-state index is 12.3. The minimum absolute atomic E-state index is 0.0163. The number of carbonyl (C=O) groups is 2. The maximum Gasteiger partial charge on any atom is 0.336 e. The van der Waals surface area contributed by atoms with Gasteiger partial charge in [-0.05, 0) is 23.3 Å². The van der Waals surface area contributed by atoms with E-state index in [1.54, 1.807) is 6.07 Å². The van der Waals surface area contributed by atoms with Crippen molar-refractivity contribution in [1.29, 1.82) is 0 Å². The van der Waals surface area contributed by atoms with Gasteiger partial charge in [0.15, 0.2) is 5.78 Å². The highest BCUT2D eigenvalue weighted by molar-refractivity contribution is 5.99. The molecule has 1 aliphatic rings. The van der Waals surface area contributed by atoms with E-state index in [-0.39, 0.29) is 17.8 Å². The average Bonchev–Trinajstić information content (AvgIpc) is 2.46. The molecule has 2 aromatic carbocycles. The number of hydrogen-bond acceptors (Lipinski definition) is 3. The van der Waals surface area contributed by atoms with Crippen molar-refractivity contribution in [1.82, 2.24) is 0 Å². The number of rotatable bonds is 2. The molecular weight excluding hydrogens is 254 g/mol. The van der Waals surface area contributed by atoms with E-state index in [4.69, 9.17) is 0 Å². The van der Waals surface area contributed by atoms with Crippen LogP contribution < -0.4 is 5.32 Å². The summed E-state index contributed by atoms with van der Waals surface area (Å²) in [5.74, 6) is -1.02. The molecule has 100 valence electrons. The Labute approximate surface area is 116 Å². The number of aromatic carboxylic acids is 1. The zero-order chi connectivity index (χ0) is 14.1. The molecule has 0 aromatic heterocycles. The topological polar surface area (TPSA) is 66.4 Å². The molecule has 20 heavy (non-hydrogen) atoms. The standard InChI is InChI=1S/C16H13NO3/c18-14-9-12-11(16(19)20)7-4-8-13(12)17-15(14)10-5-2-1-3-6-10/h1-8,15,17H,9H2,(H,19,20). The Kier molecular flexibility index (Phi) is 2.99. The summed E-state index contributed by atoms with van der Waals surface area (Å²) < 4.78 is 0. The lowest BCUT2D eigenvalue weighted by atomic mass is 9.89. The van der Waals surface area contributed by atoms with E-state index in [9.17, 15) is 14.7 Å². The molecule has 0 spiro atoms. The lowest BCUT2D eigenvalue weighted by Crippen LogP contribution is -2.29. The van der Waals surface area contributed by atoms with Crippen LogP contribution in [0.2, 0.25) is 0 Å². The highest BCUT2D eigenvalue weighted by atomic mass is 16.4. The van der Waals surface area contributed by atoms with Crippen molar-refractivity contribution < 1.29 is 14.7 Å². The molecule has 2 aromatic rings. The fourth-order valence-corrected chi connectivity index (χ4v) is 2.54. The molecule has 2 N–H and O–H groups in total. The van der Waals surface area contributed by atoms with E-state index in [1.807, 2.05) is 36.4 Å². The predicted octanol–water partition coefficient (Wildman–Crippen LogP) is 2.66. The number of benzene rings is 2. The minimum Gasteiger partial charge on any atom is -0.478 e. The van der Waals surface area contributed by atoms with Gasteiger partial charge < -0.3 is 10.4 Å². The lowest BCUT2D eigenvalue weighted by Gasteiger charge is -2.27. The second-order valence-corrected chi connectivity index (χ2v) is 4.77. The maximum atomic E-state index is 12.3. The summed E-state index contributed by atoms with van der Waals surface area (Å²) in [6, 6.07) is 14.1. The number of nitrogens with one attached hydrogen (secondary N) is 1. The molecule has 0 saturated carbocycles. The van der Waals surface area contributed by atoms with Crippen molar-refractivity contribution >= 4 is 17.4 Å². The molecule has 0 bridgehead atoms. The zero-order valence-corrected chi connectivity index (χ0v) is 10.7. The quantitative estimate of drug-likeness (QED) is 0.877. The van der Waals surface area contributed by atoms with Gasteiger partial charge >= 0.3 is 5.97 Å². The smallest absolute Gasteiger partial charge is 0.336 e. The van der Waals surface area contributed by atoms with Crippen LogP contribution in [-0.2, 0) is 11.2 Å². The number of carboxylic acids is 1. The summed E-state index contributed by atoms with van der Waals surface area (Å²) in [5, 5.41) is 12.3. The molecule has 0 fully saturated rings. The van der Waals surface area contributed by atoms with Crippen molar-refractivity contribution in [2.45, 2.75) is 12.5 Å². The summed E-state index contributed by atoms with van der Waals surface area (Å²) in [7, 11) is 0. The van der Waals surface area contributed by atoms with Gasteiger partial charge in [0, 0.05) is 12.1 Å². The summed E-state index contributed by atoms with van der Waals surface area (Å²) in [5.41, 5.74) is 2.37. The number of Topliss-reactive ketones (excluding diaryl/α,β-unsaturated/α-hetero) is 1. The first-order chi connectivity index (χ1) is 9.66. The first kappa shape index (κ1) is 12.4. The number of fused-ring (bicyclic) bond motifs is 1. The summed E-state index contributed by atoms with van der Waals surface area (Å²) in [4.78, 5) is 23.5. The third-order valence-electron chi connectivity index (χ3n) is 3.51. The van der Waals surface area contributed by atoms with Crippen molar-refractivity contribution in [2.75, 3.05) is 5.32 Å². The molecular formula is C16H13NO3. The normalized spacial score (nSPS) is 17.2. The molecule has 1 unspecified atom stereocenters. The summed E-state index contributed by atoms with van der Waals surface area (Å²) in [6.07, 6.45) is 0.143. The van der Waals surface area contributed by atoms with Crippen molar-refractivity contribution in [2.24, 2.45) is 0 Å². The van der Waals surface area contributed by atoms with Gasteiger partial charge in [0.25, 0.3) is 0 Å². The number of anilines is 1. The van der Waals surface area contributed by atoms with Gasteiger partial charge in [0.1, 0.15) is 6.04 Å². The molecule has 0 aliphatic carbocycles. The van der Waals surface area contributed by atoms with Gasteiger partial charge in [-0.2, -0.15) is 0 Å². The number of hydrogen-bond donors (Lipinski definition) is 2. The molecule has 0 radical (unpaired) electrons. The number of ketones is 1. The van der Waals surface area contributed by atoms with Crippen LogP contribution in [0, 0.1) is 0 Å². The van der Waals surface area contributed by atoms with Crippen LogP contribution in [0.5, 0.6) is 0 Å². The molecule has 1 aliphatic heterocycles. The lowest BCUT2D eigenvalue weighted by molar-refractivity contribution is -0.119. The molecule has 4 heteroatoms. The molecule has 3 rings (SSSR count). The minimum atomic E-state index is -1.00. The molecule has 0 amide bonds. The Morgan fingerprint density at radius 1 is 1.10 bits per heavy atom. The van der Waals surface area contributed by atoms with Crippen LogP contribution in [0.25, 0.3) is 0 Å². The van der Waals surface area contributed by atoms with E-state index in [0.717, 1.165) is 11.3 Å². The summed E-state index contributed by atoms with van der Waals surface area (Å²) in [6.45, 7) is 0. The van der Waals surface area contributed by atoms with Crippen molar-refractivity contribution in [3.8, 4) is 0 Å². The zero-order valence-electron chi connectivity index (χ0n) is 10.7. The highest BCUT2D eigenvalue weighted by Gasteiger charge is 2.29. The SMILES string of the molecule is O=C(O)c1cccc2c1CC(=O)C(c1ccccc1)N2. The van der Waals surface area contributed by atoms with Crippen LogP contribution in [0.1, 0.15) is 27.5 Å². The fourth-order valence-electron chi connectivity index (χ4n) is 2.54. The van der Waals surface area contributed by atoms with Crippen LogP contribution in [-0.4, -0.2) is 16.9 Å². The van der Waals surface area contributed by atoms with Gasteiger partial charge in [-0.3, -0.25) is 4.79 Å². The van der Waals surface area contributed by atoms with E-state index in [0.29, 0.717) is 5.56 Å². The molecule has 4 nitrogen and oxygen atoms in total. The van der Waals surface area contributed by atoms with Crippen LogP contribution in [0.4, 0.5) is 5.69 Å². The fraction of sp³-hybridized carbons (Fsp3) is 0.125. The third-order valence-corrected chi connectivity index (χ3v) is 3.51. The van der Waals surface area contributed by atoms with Gasteiger partial charge in [-0.1, -0.05) is 36.4 Å². The van der Waals surface area contributed by atoms with Gasteiger partial charge in [-0.15, -0.1) is 0 Å². The van der Waals surface area contributed by atoms with Crippen LogP contribution in [0.15, 0.2) is 48.5 Å². The average molecular weight is 267 g/mol. The Morgan fingerprint density at radius 2 is 1.85 bits per heavy atom. The monoisotopic (exact) mass is 267 g/mol. The van der Waals surface area contributed by atoms with Crippen molar-refractivity contribution in [3.05, 3.63) is 65.2 Å². The van der Waals surface area contributed by atoms with E-state index < -0.39 is 12.0 Å². The van der Waals surface area contributed by atoms with Gasteiger partial charge in [0.05, 0.1) is 5.56 Å². The van der Waals surface area contributed by atoms with E-state index in [2.05, 4.69) is 5.32 Å². The second-order valence-electron chi connectivity index (χ2n) is 4.77. The van der Waals surface area contributed by atoms with Crippen LogP contribution >= 0.6 is 0 Å². The Balaban J connectivity index is 2.02. The summed E-state index contributed by atoms with van der Waals surface area (Å²) >= 11 is 0. The Hall–Kier alpha value is -2.62. The van der Waals surface area contributed by atoms with Gasteiger partial charge in [-0.25, -0.2) is 4.79 Å². The molecule has 1 atom stereocenters. The second kappa shape index (κ2) is 4.81. The van der Waals surface area contributed by atoms with Crippen LogP contribution in [0.3, 0.4) is 0 Å². The van der Waals surface area contributed by atoms with Gasteiger partial charge in [0.2, 0.25) is 0 Å². The Bertz CT molecular complexity index is 679. The molecule has 0 saturated heterocycles. The van der Waals surface area contributed by atoms with Crippen molar-refractivity contribution in [3.63, 3.8) is 0 Å². The Morgan fingerprint density at radius 3 is 2.55 bits per heavy atom. The first-order valence-corrected chi connectivity index (χ1v) is 6.36. The number of carboxylic acid groups (broad SMARTS) is 1. The predicted molar refractivity (Wildman–Crippen MR) is 74.9 cm³/mol. The third kappa shape index (κ3) is 2.05. The van der Waals surface area contributed by atoms with E-state index >= 15 is 0 Å². The van der Waals surface area contributed by atoms with E-state index in [1.165, 1.54) is 6.07 Å². The highest BCUT2D eigenvalue weighted by Crippen LogP contribution is 2.32. The largest absolute Gasteiger partial charge is 0.478 e. The first-order valence-electron chi connectivity index (χ1n) is 6.36. The number of carbonyl (C=O) groups excluding carboxylic acids is 1.